The van der Waals surface area contributed by atoms with Gasteiger partial charge in [0.05, 0.1) is 6.61 Å². The minimum absolute atomic E-state index is 0.0842. The molecule has 0 spiro atoms. The van der Waals surface area contributed by atoms with Crippen molar-refractivity contribution in [3.05, 3.63) is 29.8 Å². The molecule has 0 unspecified atom stereocenters. The fourth-order valence-electron chi connectivity index (χ4n) is 2.31. The van der Waals surface area contributed by atoms with E-state index in [2.05, 4.69) is 0 Å². The highest BCUT2D eigenvalue weighted by Crippen LogP contribution is 2.24. The topological polar surface area (TPSA) is 35.5 Å². The summed E-state index contributed by atoms with van der Waals surface area (Å²) in [6.45, 7) is 2.46. The van der Waals surface area contributed by atoms with Crippen molar-refractivity contribution in [3.8, 4) is 5.75 Å². The van der Waals surface area contributed by atoms with Crippen LogP contribution >= 0.6 is 0 Å². The number of ether oxygens (including phenoxy) is 2. The van der Waals surface area contributed by atoms with Crippen molar-refractivity contribution < 1.29 is 14.3 Å². The molecule has 0 aliphatic heterocycles. The Kier molecular flexibility index (Phi) is 4.62. The Hall–Kier alpha value is -1.51. The highest BCUT2D eigenvalue weighted by Gasteiger charge is 2.20. The molecule has 0 bridgehead atoms. The van der Waals surface area contributed by atoms with Crippen molar-refractivity contribution in [2.24, 2.45) is 0 Å². The molecule has 1 aliphatic rings. The van der Waals surface area contributed by atoms with Gasteiger partial charge in [0.2, 0.25) is 0 Å². The highest BCUT2D eigenvalue weighted by molar-refractivity contribution is 5.92. The van der Waals surface area contributed by atoms with E-state index in [0.29, 0.717) is 17.9 Å². The number of hydrogen-bond donors (Lipinski definition) is 0. The van der Waals surface area contributed by atoms with Crippen LogP contribution in [0.15, 0.2) is 24.3 Å². The standard InChI is InChI=1S/C15H20O3/c1-2-17-14-11-7-6-10-13(14)15(16)18-12-8-4-3-5-9-12/h6-7,10-12H,2-5,8-9H2,1H3. The molecule has 2 rings (SSSR count). The summed E-state index contributed by atoms with van der Waals surface area (Å²) in [6, 6.07) is 7.26. The quantitative estimate of drug-likeness (QED) is 0.764. The largest absolute Gasteiger partial charge is 0.493 e. The van der Waals surface area contributed by atoms with E-state index in [1.807, 2.05) is 19.1 Å². The predicted molar refractivity (Wildman–Crippen MR) is 69.9 cm³/mol. The second-order valence-corrected chi connectivity index (χ2v) is 4.59. The smallest absolute Gasteiger partial charge is 0.342 e. The first-order valence-electron chi connectivity index (χ1n) is 6.74. The highest BCUT2D eigenvalue weighted by atomic mass is 16.5. The summed E-state index contributed by atoms with van der Waals surface area (Å²) in [6.07, 6.45) is 5.63. The zero-order valence-corrected chi connectivity index (χ0v) is 10.9. The molecule has 0 amide bonds. The van der Waals surface area contributed by atoms with E-state index >= 15 is 0 Å². The Balaban J connectivity index is 2.03. The SMILES string of the molecule is CCOc1ccccc1C(=O)OC1CCCCC1. The van der Waals surface area contributed by atoms with Gasteiger partial charge in [-0.2, -0.15) is 0 Å². The van der Waals surface area contributed by atoms with Crippen LogP contribution in [0.25, 0.3) is 0 Å². The monoisotopic (exact) mass is 248 g/mol. The zero-order chi connectivity index (χ0) is 12.8. The van der Waals surface area contributed by atoms with Crippen LogP contribution < -0.4 is 4.74 Å². The minimum Gasteiger partial charge on any atom is -0.493 e. The Morgan fingerprint density at radius 3 is 2.67 bits per heavy atom. The van der Waals surface area contributed by atoms with E-state index in [0.717, 1.165) is 25.7 Å². The molecule has 0 atom stereocenters. The lowest BCUT2D eigenvalue weighted by atomic mass is 9.98. The third kappa shape index (κ3) is 3.25. The number of rotatable bonds is 4. The van der Waals surface area contributed by atoms with Gasteiger partial charge in [0, 0.05) is 0 Å². The molecule has 0 saturated heterocycles. The van der Waals surface area contributed by atoms with E-state index in [-0.39, 0.29) is 12.1 Å². The summed E-state index contributed by atoms with van der Waals surface area (Å²) in [7, 11) is 0. The molecule has 0 aromatic heterocycles. The third-order valence-corrected chi connectivity index (χ3v) is 3.23. The fourth-order valence-corrected chi connectivity index (χ4v) is 2.31. The van der Waals surface area contributed by atoms with Crippen LogP contribution in [0.5, 0.6) is 5.75 Å². The molecule has 1 aromatic carbocycles. The van der Waals surface area contributed by atoms with Crippen LogP contribution in [0.4, 0.5) is 0 Å². The maximum atomic E-state index is 12.1. The van der Waals surface area contributed by atoms with Crippen molar-refractivity contribution in [2.45, 2.75) is 45.1 Å². The normalized spacial score (nSPS) is 16.3. The maximum absolute atomic E-state index is 12.1. The summed E-state index contributed by atoms with van der Waals surface area (Å²) >= 11 is 0. The van der Waals surface area contributed by atoms with Gasteiger partial charge in [0.1, 0.15) is 17.4 Å². The molecule has 3 nitrogen and oxygen atoms in total. The first kappa shape index (κ1) is 12.9. The lowest BCUT2D eigenvalue weighted by molar-refractivity contribution is 0.0207. The molecule has 0 radical (unpaired) electrons. The minimum atomic E-state index is -0.258. The number of carbonyl (C=O) groups excluding carboxylic acids is 1. The van der Waals surface area contributed by atoms with Crippen LogP contribution in [0, 0.1) is 0 Å². The van der Waals surface area contributed by atoms with Gasteiger partial charge in [-0.1, -0.05) is 18.6 Å². The van der Waals surface area contributed by atoms with Gasteiger partial charge in [-0.25, -0.2) is 4.79 Å². The van der Waals surface area contributed by atoms with Gasteiger partial charge >= 0.3 is 5.97 Å². The summed E-state index contributed by atoms with van der Waals surface area (Å²) < 4.78 is 11.0. The Morgan fingerprint density at radius 1 is 1.22 bits per heavy atom. The summed E-state index contributed by atoms with van der Waals surface area (Å²) in [5, 5.41) is 0. The molecule has 0 N–H and O–H groups in total. The molecule has 1 fully saturated rings. The molecule has 98 valence electrons. The molecule has 18 heavy (non-hydrogen) atoms. The third-order valence-electron chi connectivity index (χ3n) is 3.23. The van der Waals surface area contributed by atoms with Gasteiger partial charge in [-0.05, 0) is 44.7 Å². The summed E-state index contributed by atoms with van der Waals surface area (Å²) in [5.74, 6) is 0.353. The first-order valence-corrected chi connectivity index (χ1v) is 6.74. The van der Waals surface area contributed by atoms with Crippen molar-refractivity contribution in [3.63, 3.8) is 0 Å². The van der Waals surface area contributed by atoms with Crippen LogP contribution in [0.2, 0.25) is 0 Å². The molecular formula is C15H20O3. The Morgan fingerprint density at radius 2 is 1.94 bits per heavy atom. The Bertz CT molecular complexity index is 394. The maximum Gasteiger partial charge on any atom is 0.342 e. The van der Waals surface area contributed by atoms with Crippen molar-refractivity contribution in [2.75, 3.05) is 6.61 Å². The van der Waals surface area contributed by atoms with Gasteiger partial charge in [0.25, 0.3) is 0 Å². The number of hydrogen-bond acceptors (Lipinski definition) is 3. The van der Waals surface area contributed by atoms with E-state index in [1.165, 1.54) is 6.42 Å². The van der Waals surface area contributed by atoms with Crippen LogP contribution in [-0.2, 0) is 4.74 Å². The fraction of sp³-hybridized carbons (Fsp3) is 0.533. The van der Waals surface area contributed by atoms with Gasteiger partial charge < -0.3 is 9.47 Å². The van der Waals surface area contributed by atoms with E-state index in [1.54, 1.807) is 12.1 Å². The molecule has 1 saturated carbocycles. The molecule has 3 heteroatoms. The average Bonchev–Trinajstić information content (AvgIpc) is 2.41. The number of carbonyl (C=O) groups is 1. The van der Waals surface area contributed by atoms with Gasteiger partial charge in [-0.15, -0.1) is 0 Å². The Labute approximate surface area is 108 Å². The zero-order valence-electron chi connectivity index (χ0n) is 10.9. The van der Waals surface area contributed by atoms with Gasteiger partial charge in [-0.3, -0.25) is 0 Å². The van der Waals surface area contributed by atoms with Crippen molar-refractivity contribution in [1.29, 1.82) is 0 Å². The lowest BCUT2D eigenvalue weighted by Gasteiger charge is -2.22. The van der Waals surface area contributed by atoms with E-state index in [4.69, 9.17) is 9.47 Å². The lowest BCUT2D eigenvalue weighted by Crippen LogP contribution is -2.21. The van der Waals surface area contributed by atoms with Gasteiger partial charge in [0.15, 0.2) is 0 Å². The van der Waals surface area contributed by atoms with Crippen molar-refractivity contribution in [1.82, 2.24) is 0 Å². The molecule has 0 heterocycles. The summed E-state index contributed by atoms with van der Waals surface area (Å²) in [4.78, 5) is 12.1. The second-order valence-electron chi connectivity index (χ2n) is 4.59. The first-order chi connectivity index (χ1) is 8.81. The van der Waals surface area contributed by atoms with Crippen LogP contribution in [0.3, 0.4) is 0 Å². The summed E-state index contributed by atoms with van der Waals surface area (Å²) in [5.41, 5.74) is 0.532. The number of esters is 1. The van der Waals surface area contributed by atoms with Crippen LogP contribution in [0.1, 0.15) is 49.4 Å². The van der Waals surface area contributed by atoms with Crippen molar-refractivity contribution >= 4 is 5.97 Å². The number of para-hydroxylation sites is 1. The van der Waals surface area contributed by atoms with E-state index in [9.17, 15) is 4.79 Å². The second kappa shape index (κ2) is 6.43. The molecule has 1 aliphatic carbocycles. The predicted octanol–water partition coefficient (Wildman–Crippen LogP) is 3.57. The molecular weight excluding hydrogens is 228 g/mol. The van der Waals surface area contributed by atoms with E-state index < -0.39 is 0 Å². The molecule has 1 aromatic rings. The average molecular weight is 248 g/mol. The number of benzene rings is 1. The van der Waals surface area contributed by atoms with Crippen LogP contribution in [-0.4, -0.2) is 18.7 Å².